The average Bonchev–Trinajstić information content (AvgIpc) is 3.46. The third-order valence-corrected chi connectivity index (χ3v) is 6.24. The summed E-state index contributed by atoms with van der Waals surface area (Å²) in [6.45, 7) is 9.93. The molecule has 1 N–H and O–H groups in total. The van der Waals surface area contributed by atoms with Crippen molar-refractivity contribution < 1.29 is 9.21 Å². The van der Waals surface area contributed by atoms with Gasteiger partial charge in [0.2, 0.25) is 17.3 Å². The first-order valence-electron chi connectivity index (χ1n) is 11.7. The first kappa shape index (κ1) is 22.7. The quantitative estimate of drug-likeness (QED) is 0.342. The van der Waals surface area contributed by atoms with E-state index in [4.69, 9.17) is 14.5 Å². The number of aryl methyl sites for hydroxylation is 1. The molecule has 1 unspecified atom stereocenters. The summed E-state index contributed by atoms with van der Waals surface area (Å²) >= 11 is 0. The van der Waals surface area contributed by atoms with E-state index in [1.165, 1.54) is 6.92 Å². The van der Waals surface area contributed by atoms with E-state index in [2.05, 4.69) is 68.5 Å². The van der Waals surface area contributed by atoms with Gasteiger partial charge in [-0.1, -0.05) is 63.2 Å². The number of oxazole rings is 1. The number of carbonyl (C=O) groups excluding carboxylic acids is 1. The molecule has 3 aromatic carbocycles. The molecular weight excluding hydrogens is 436 g/mol. The van der Waals surface area contributed by atoms with Gasteiger partial charge in [0.05, 0.1) is 5.70 Å². The molecule has 4 aromatic rings. The molecule has 0 fully saturated rings. The molecule has 6 heteroatoms. The molecule has 1 amide bonds. The molecule has 0 aliphatic carbocycles. The monoisotopic (exact) mass is 464 g/mol. The summed E-state index contributed by atoms with van der Waals surface area (Å²) in [5, 5.41) is 12.2. The van der Waals surface area contributed by atoms with Gasteiger partial charge in [0, 0.05) is 18.0 Å². The zero-order valence-electron chi connectivity index (χ0n) is 20.6. The van der Waals surface area contributed by atoms with Crippen LogP contribution in [0.25, 0.3) is 22.2 Å². The van der Waals surface area contributed by atoms with Crippen LogP contribution in [0.1, 0.15) is 44.7 Å². The third-order valence-electron chi connectivity index (χ3n) is 6.24. The molecule has 0 saturated heterocycles. The highest BCUT2D eigenvalue weighted by Gasteiger charge is 2.43. The first-order chi connectivity index (χ1) is 16.7. The van der Waals surface area contributed by atoms with Crippen LogP contribution >= 0.6 is 0 Å². The van der Waals surface area contributed by atoms with Crippen molar-refractivity contribution >= 4 is 22.7 Å². The van der Waals surface area contributed by atoms with Crippen LogP contribution in [-0.4, -0.2) is 10.9 Å². The summed E-state index contributed by atoms with van der Waals surface area (Å²) in [6, 6.07) is 21.9. The minimum absolute atomic E-state index is 0.0940. The van der Waals surface area contributed by atoms with Crippen LogP contribution in [0.15, 0.2) is 93.1 Å². The second kappa shape index (κ2) is 8.31. The number of rotatable bonds is 4. The number of carbonyl (C=O) groups is 1. The molecule has 5 rings (SSSR count). The SMILES string of the molecule is CC(=O)Nc1ccc(C)c(-c2ccc(C3(c4nc5ccccc5o4)C=C(C(C)(C)C)N=N3)cc2)c1. The number of fused-ring (bicyclic) bond motifs is 1. The number of anilines is 1. The largest absolute Gasteiger partial charge is 0.437 e. The molecule has 6 nitrogen and oxygen atoms in total. The maximum atomic E-state index is 11.5. The minimum Gasteiger partial charge on any atom is -0.437 e. The Labute approximate surface area is 204 Å². The maximum absolute atomic E-state index is 11.5. The van der Waals surface area contributed by atoms with Crippen LogP contribution in [0.2, 0.25) is 0 Å². The molecule has 0 spiro atoms. The van der Waals surface area contributed by atoms with Crippen LogP contribution in [-0.2, 0) is 10.3 Å². The van der Waals surface area contributed by atoms with E-state index >= 15 is 0 Å². The van der Waals surface area contributed by atoms with Gasteiger partial charge in [0.25, 0.3) is 0 Å². The Kier molecular flexibility index (Phi) is 5.39. The molecular formula is C29H28N4O2. The normalized spacial score (nSPS) is 17.6. The summed E-state index contributed by atoms with van der Waals surface area (Å²) in [4.78, 5) is 16.3. The molecule has 1 aliphatic heterocycles. The number of hydrogen-bond acceptors (Lipinski definition) is 5. The lowest BCUT2D eigenvalue weighted by Gasteiger charge is -2.21. The molecule has 0 saturated carbocycles. The second-order valence-corrected chi connectivity index (χ2v) is 10.0. The second-order valence-electron chi connectivity index (χ2n) is 10.0. The van der Waals surface area contributed by atoms with E-state index in [-0.39, 0.29) is 11.3 Å². The van der Waals surface area contributed by atoms with E-state index in [1.54, 1.807) is 0 Å². The summed E-state index contributed by atoms with van der Waals surface area (Å²) in [5.74, 6) is 0.404. The summed E-state index contributed by atoms with van der Waals surface area (Å²) < 4.78 is 6.21. The molecule has 35 heavy (non-hydrogen) atoms. The fourth-order valence-corrected chi connectivity index (χ4v) is 4.28. The van der Waals surface area contributed by atoms with Crippen LogP contribution in [0.5, 0.6) is 0 Å². The maximum Gasteiger partial charge on any atom is 0.234 e. The summed E-state index contributed by atoms with van der Waals surface area (Å²) in [5.41, 5.74) is 6.20. The van der Waals surface area contributed by atoms with E-state index in [9.17, 15) is 4.79 Å². The zero-order chi connectivity index (χ0) is 24.8. The standard InChI is InChI=1S/C29H28N4O2/c1-18-10-15-22(30-19(2)34)16-23(18)20-11-13-21(14-12-20)29(17-26(32-33-29)28(3,4)5)27-31-24-8-6-7-9-25(24)35-27/h6-17H,1-5H3,(H,30,34). The zero-order valence-corrected chi connectivity index (χ0v) is 20.6. The van der Waals surface area contributed by atoms with E-state index in [1.807, 2.05) is 42.5 Å². The van der Waals surface area contributed by atoms with Gasteiger partial charge < -0.3 is 9.73 Å². The van der Waals surface area contributed by atoms with Crippen LogP contribution < -0.4 is 5.32 Å². The topological polar surface area (TPSA) is 79.9 Å². The Bertz CT molecular complexity index is 1460. The fraction of sp³-hybridized carbons (Fsp3) is 0.241. The number of nitrogens with one attached hydrogen (secondary N) is 1. The number of nitrogens with zero attached hydrogens (tertiary/aromatic N) is 3. The lowest BCUT2D eigenvalue weighted by molar-refractivity contribution is -0.114. The van der Waals surface area contributed by atoms with Crippen LogP contribution in [0.4, 0.5) is 5.69 Å². The molecule has 176 valence electrons. The third kappa shape index (κ3) is 4.16. The van der Waals surface area contributed by atoms with Crippen molar-refractivity contribution in [1.29, 1.82) is 0 Å². The van der Waals surface area contributed by atoms with Gasteiger partial charge >= 0.3 is 0 Å². The number of aromatic nitrogens is 1. The van der Waals surface area contributed by atoms with Gasteiger partial charge in [-0.25, -0.2) is 4.98 Å². The predicted octanol–water partition coefficient (Wildman–Crippen LogP) is 7.40. The molecule has 0 bridgehead atoms. The number of benzene rings is 3. The summed E-state index contributed by atoms with van der Waals surface area (Å²) in [7, 11) is 0. The van der Waals surface area contributed by atoms with Crippen molar-refractivity contribution in [2.45, 2.75) is 40.2 Å². The van der Waals surface area contributed by atoms with E-state index in [0.717, 1.165) is 44.7 Å². The Hall–Kier alpha value is -4.06. The minimum atomic E-state index is -0.937. The lowest BCUT2D eigenvalue weighted by atomic mass is 9.84. The molecule has 0 radical (unpaired) electrons. The molecule has 1 atom stereocenters. The van der Waals surface area contributed by atoms with E-state index < -0.39 is 5.54 Å². The van der Waals surface area contributed by atoms with Crippen molar-refractivity contribution in [3.05, 3.63) is 95.5 Å². The number of azo groups is 1. The molecule has 1 aliphatic rings. The number of para-hydroxylation sites is 2. The fourth-order valence-electron chi connectivity index (χ4n) is 4.28. The van der Waals surface area contributed by atoms with Gasteiger partial charge in [-0.05, 0) is 59.5 Å². The first-order valence-corrected chi connectivity index (χ1v) is 11.7. The van der Waals surface area contributed by atoms with Gasteiger partial charge in [-0.15, -0.1) is 0 Å². The highest BCUT2D eigenvalue weighted by atomic mass is 16.4. The van der Waals surface area contributed by atoms with Gasteiger partial charge in [0.1, 0.15) is 5.52 Å². The Morgan fingerprint density at radius 1 is 1.00 bits per heavy atom. The van der Waals surface area contributed by atoms with Gasteiger partial charge in [0.15, 0.2) is 5.58 Å². The summed E-state index contributed by atoms with van der Waals surface area (Å²) in [6.07, 6.45) is 2.06. The van der Waals surface area contributed by atoms with Crippen molar-refractivity contribution in [3.63, 3.8) is 0 Å². The average molecular weight is 465 g/mol. The van der Waals surface area contributed by atoms with Crippen LogP contribution in [0, 0.1) is 12.3 Å². The Morgan fingerprint density at radius 2 is 1.74 bits per heavy atom. The van der Waals surface area contributed by atoms with Crippen molar-refractivity contribution in [1.82, 2.24) is 4.98 Å². The van der Waals surface area contributed by atoms with Crippen molar-refractivity contribution in [2.75, 3.05) is 5.32 Å². The van der Waals surface area contributed by atoms with Gasteiger partial charge in [-0.3, -0.25) is 4.79 Å². The molecule has 2 heterocycles. The predicted molar refractivity (Wildman–Crippen MR) is 138 cm³/mol. The Balaban J connectivity index is 1.61. The van der Waals surface area contributed by atoms with Crippen molar-refractivity contribution in [2.24, 2.45) is 15.6 Å². The highest BCUT2D eigenvalue weighted by molar-refractivity contribution is 5.90. The number of hydrogen-bond donors (Lipinski definition) is 1. The highest BCUT2D eigenvalue weighted by Crippen LogP contribution is 2.45. The van der Waals surface area contributed by atoms with Gasteiger partial charge in [-0.2, -0.15) is 10.2 Å². The smallest absolute Gasteiger partial charge is 0.234 e. The van der Waals surface area contributed by atoms with Crippen LogP contribution in [0.3, 0.4) is 0 Å². The lowest BCUT2D eigenvalue weighted by Crippen LogP contribution is -2.22. The van der Waals surface area contributed by atoms with E-state index in [0.29, 0.717) is 5.89 Å². The number of amides is 1. The molecule has 1 aromatic heterocycles. The van der Waals surface area contributed by atoms with Crippen molar-refractivity contribution in [3.8, 4) is 11.1 Å². The number of allylic oxidation sites excluding steroid dienone is 1. The Morgan fingerprint density at radius 3 is 2.40 bits per heavy atom.